The molecule has 2 N–H and O–H groups in total. The maximum atomic E-state index is 13.6. The molecule has 3 aromatic rings. The molecular weight excluding hydrogens is 485 g/mol. The SMILES string of the molecule is CN(C)CC=CC(=O)Nc1cc2c(Nc3ccc(F)c(Cl)c3)ncnc2cc1OCC1C2COCC21. The van der Waals surface area contributed by atoms with Crippen LogP contribution in [0.15, 0.2) is 48.8 Å². The highest BCUT2D eigenvalue weighted by molar-refractivity contribution is 6.31. The second-order valence-electron chi connectivity index (χ2n) is 9.34. The summed E-state index contributed by atoms with van der Waals surface area (Å²) in [5.41, 5.74) is 1.72. The van der Waals surface area contributed by atoms with Crippen molar-refractivity contribution >= 4 is 45.6 Å². The Morgan fingerprint density at radius 3 is 2.81 bits per heavy atom. The second-order valence-corrected chi connectivity index (χ2v) is 9.74. The molecule has 1 aliphatic carbocycles. The van der Waals surface area contributed by atoms with Crippen LogP contribution in [0.3, 0.4) is 0 Å². The number of nitrogens with zero attached hydrogens (tertiary/aromatic N) is 3. The summed E-state index contributed by atoms with van der Waals surface area (Å²) in [4.78, 5) is 23.4. The van der Waals surface area contributed by atoms with Crippen molar-refractivity contribution in [2.45, 2.75) is 0 Å². The van der Waals surface area contributed by atoms with Crippen molar-refractivity contribution in [1.82, 2.24) is 14.9 Å². The number of aromatic nitrogens is 2. The van der Waals surface area contributed by atoms with Crippen LogP contribution in [0.25, 0.3) is 10.9 Å². The van der Waals surface area contributed by atoms with E-state index in [0.717, 1.165) is 13.2 Å². The van der Waals surface area contributed by atoms with E-state index >= 15 is 0 Å². The van der Waals surface area contributed by atoms with Gasteiger partial charge >= 0.3 is 0 Å². The highest BCUT2D eigenvalue weighted by atomic mass is 35.5. The summed E-state index contributed by atoms with van der Waals surface area (Å²) in [6.07, 6.45) is 4.72. The molecule has 1 amide bonds. The van der Waals surface area contributed by atoms with Gasteiger partial charge in [-0.3, -0.25) is 4.79 Å². The van der Waals surface area contributed by atoms with Crippen molar-refractivity contribution < 1.29 is 18.7 Å². The first-order chi connectivity index (χ1) is 17.4. The Balaban J connectivity index is 1.43. The molecule has 2 heterocycles. The Bertz CT molecular complexity index is 1310. The third-order valence-corrected chi connectivity index (χ3v) is 6.77. The number of nitrogens with one attached hydrogen (secondary N) is 2. The number of hydrogen-bond acceptors (Lipinski definition) is 7. The van der Waals surface area contributed by atoms with Crippen molar-refractivity contribution in [3.05, 3.63) is 59.7 Å². The number of fused-ring (bicyclic) bond motifs is 2. The van der Waals surface area contributed by atoms with Crippen LogP contribution in [0.2, 0.25) is 5.02 Å². The number of ether oxygens (including phenoxy) is 2. The highest BCUT2D eigenvalue weighted by Gasteiger charge is 2.54. The number of anilines is 3. The quantitative estimate of drug-likeness (QED) is 0.409. The van der Waals surface area contributed by atoms with E-state index in [1.807, 2.05) is 19.0 Å². The van der Waals surface area contributed by atoms with E-state index in [2.05, 4.69) is 20.6 Å². The van der Waals surface area contributed by atoms with Gasteiger partial charge in [0.05, 0.1) is 36.0 Å². The molecule has 36 heavy (non-hydrogen) atoms. The summed E-state index contributed by atoms with van der Waals surface area (Å²) < 4.78 is 25.3. The number of carbonyl (C=O) groups excluding carboxylic acids is 1. The number of benzene rings is 2. The van der Waals surface area contributed by atoms with Crippen molar-refractivity contribution in [3.63, 3.8) is 0 Å². The van der Waals surface area contributed by atoms with Crippen molar-refractivity contribution in [1.29, 1.82) is 0 Å². The minimum atomic E-state index is -0.504. The van der Waals surface area contributed by atoms with Crippen LogP contribution in [0.4, 0.5) is 21.6 Å². The first-order valence-electron chi connectivity index (χ1n) is 11.7. The van der Waals surface area contributed by atoms with Gasteiger partial charge < -0.3 is 25.0 Å². The predicted molar refractivity (Wildman–Crippen MR) is 137 cm³/mol. The summed E-state index contributed by atoms with van der Waals surface area (Å²) in [7, 11) is 3.86. The molecule has 0 bridgehead atoms. The van der Waals surface area contributed by atoms with Gasteiger partial charge in [0.1, 0.15) is 23.7 Å². The van der Waals surface area contributed by atoms with Crippen LogP contribution >= 0.6 is 11.6 Å². The monoisotopic (exact) mass is 511 g/mol. The number of likely N-dealkylation sites (N-methyl/N-ethyl adjacent to an activating group) is 1. The van der Waals surface area contributed by atoms with E-state index in [-0.39, 0.29) is 10.9 Å². The fourth-order valence-corrected chi connectivity index (χ4v) is 4.63. The first-order valence-corrected chi connectivity index (χ1v) is 12.1. The second kappa shape index (κ2) is 10.4. The molecule has 2 unspecified atom stereocenters. The molecule has 0 radical (unpaired) electrons. The van der Waals surface area contributed by atoms with Gasteiger partial charge in [0, 0.05) is 35.7 Å². The third kappa shape index (κ3) is 5.43. The molecule has 10 heteroatoms. The van der Waals surface area contributed by atoms with Gasteiger partial charge in [0.25, 0.3) is 0 Å². The molecule has 5 rings (SSSR count). The van der Waals surface area contributed by atoms with Gasteiger partial charge in [-0.05, 0) is 50.2 Å². The molecule has 2 aliphatic rings. The fraction of sp³-hybridized carbons (Fsp3) is 0.346. The van der Waals surface area contributed by atoms with Crippen LogP contribution in [0.1, 0.15) is 0 Å². The van der Waals surface area contributed by atoms with Crippen molar-refractivity contribution in [3.8, 4) is 5.75 Å². The van der Waals surface area contributed by atoms with E-state index in [9.17, 15) is 9.18 Å². The molecule has 2 aromatic carbocycles. The first kappa shape index (κ1) is 24.4. The zero-order chi connectivity index (χ0) is 25.2. The third-order valence-electron chi connectivity index (χ3n) is 6.48. The molecule has 2 atom stereocenters. The molecule has 1 aliphatic heterocycles. The largest absolute Gasteiger partial charge is 0.491 e. The summed E-state index contributed by atoms with van der Waals surface area (Å²) in [5, 5.41) is 6.75. The lowest BCUT2D eigenvalue weighted by atomic mass is 10.1. The average Bonchev–Trinajstić information content (AvgIpc) is 3.26. The lowest BCUT2D eigenvalue weighted by Gasteiger charge is -2.16. The van der Waals surface area contributed by atoms with Gasteiger partial charge in [-0.25, -0.2) is 14.4 Å². The van der Waals surface area contributed by atoms with E-state index < -0.39 is 5.82 Å². The summed E-state index contributed by atoms with van der Waals surface area (Å²) in [6, 6.07) is 7.92. The Morgan fingerprint density at radius 1 is 1.25 bits per heavy atom. The minimum Gasteiger partial charge on any atom is -0.491 e. The fourth-order valence-electron chi connectivity index (χ4n) is 4.45. The summed E-state index contributed by atoms with van der Waals surface area (Å²) >= 11 is 5.93. The molecule has 1 saturated carbocycles. The van der Waals surface area contributed by atoms with E-state index in [1.165, 1.54) is 24.5 Å². The van der Waals surface area contributed by atoms with Crippen molar-refractivity contribution in [2.75, 3.05) is 51.1 Å². The molecule has 2 fully saturated rings. The zero-order valence-electron chi connectivity index (χ0n) is 20.0. The minimum absolute atomic E-state index is 0.00162. The van der Waals surface area contributed by atoms with Crippen LogP contribution < -0.4 is 15.4 Å². The van der Waals surface area contributed by atoms with E-state index in [0.29, 0.717) is 64.8 Å². The molecule has 1 saturated heterocycles. The Kier molecular flexibility index (Phi) is 7.04. The molecule has 0 spiro atoms. The van der Waals surface area contributed by atoms with Gasteiger partial charge in [-0.1, -0.05) is 17.7 Å². The molecule has 1 aromatic heterocycles. The van der Waals surface area contributed by atoms with Gasteiger partial charge in [-0.15, -0.1) is 0 Å². The lowest BCUT2D eigenvalue weighted by Crippen LogP contribution is -2.14. The number of amides is 1. The average molecular weight is 512 g/mol. The van der Waals surface area contributed by atoms with Crippen LogP contribution in [0, 0.1) is 23.6 Å². The Labute approximate surface area is 213 Å². The Morgan fingerprint density at radius 2 is 2.06 bits per heavy atom. The van der Waals surface area contributed by atoms with E-state index in [4.69, 9.17) is 21.1 Å². The molecular formula is C26H27ClFN5O3. The van der Waals surface area contributed by atoms with Gasteiger partial charge in [0.15, 0.2) is 0 Å². The number of rotatable bonds is 9. The van der Waals surface area contributed by atoms with Crippen molar-refractivity contribution in [2.24, 2.45) is 17.8 Å². The lowest BCUT2D eigenvalue weighted by molar-refractivity contribution is -0.111. The van der Waals surface area contributed by atoms with E-state index in [1.54, 1.807) is 24.3 Å². The number of halogens is 2. The summed E-state index contributed by atoms with van der Waals surface area (Å²) in [5.74, 6) is 1.82. The van der Waals surface area contributed by atoms with Crippen LogP contribution in [0.5, 0.6) is 5.75 Å². The van der Waals surface area contributed by atoms with Crippen LogP contribution in [-0.2, 0) is 9.53 Å². The standard InChI is InChI=1S/C26H27ClFN5O3/c1-33(2)7-3-4-25(34)32-23-9-16-22(10-24(23)36-13-19-17-11-35-12-18(17)19)29-14-30-26(16)31-15-5-6-21(28)20(27)8-15/h3-6,8-10,14,17-19H,7,11-13H2,1-2H3,(H,32,34)(H,29,30,31). The topological polar surface area (TPSA) is 88.6 Å². The maximum absolute atomic E-state index is 13.6. The Hall–Kier alpha value is -3.27. The van der Waals surface area contributed by atoms with Gasteiger partial charge in [0.2, 0.25) is 5.91 Å². The highest BCUT2D eigenvalue weighted by Crippen LogP contribution is 2.51. The zero-order valence-corrected chi connectivity index (χ0v) is 20.8. The smallest absolute Gasteiger partial charge is 0.248 e. The molecule has 188 valence electrons. The van der Waals surface area contributed by atoms with Gasteiger partial charge in [-0.2, -0.15) is 0 Å². The molecule has 8 nitrogen and oxygen atoms in total. The van der Waals surface area contributed by atoms with Crippen LogP contribution in [-0.4, -0.2) is 61.2 Å². The summed E-state index contributed by atoms with van der Waals surface area (Å²) in [6.45, 7) is 2.76. The normalized spacial score (nSPS) is 20.6. The predicted octanol–water partition coefficient (Wildman–Crippen LogP) is 4.49. The number of hydrogen-bond donors (Lipinski definition) is 2. The number of carbonyl (C=O) groups is 1. The maximum Gasteiger partial charge on any atom is 0.248 e.